The summed E-state index contributed by atoms with van der Waals surface area (Å²) < 4.78 is 4.64. The van der Waals surface area contributed by atoms with Gasteiger partial charge in [-0.1, -0.05) is 56.3 Å². The van der Waals surface area contributed by atoms with Crippen molar-refractivity contribution in [2.75, 3.05) is 19.0 Å². The van der Waals surface area contributed by atoms with E-state index in [1.807, 2.05) is 68.4 Å². The molecule has 2 atom stereocenters. The van der Waals surface area contributed by atoms with Gasteiger partial charge in [-0.05, 0) is 42.0 Å². The number of nitrogens with one attached hydrogen (secondary N) is 2. The molecule has 0 spiro atoms. The summed E-state index contributed by atoms with van der Waals surface area (Å²) in [7, 11) is 1.26. The molecule has 0 bridgehead atoms. The summed E-state index contributed by atoms with van der Waals surface area (Å²) in [5.41, 5.74) is 2.84. The summed E-state index contributed by atoms with van der Waals surface area (Å²) in [6.07, 6.45) is 0.661. The van der Waals surface area contributed by atoms with E-state index in [1.54, 1.807) is 4.90 Å². The van der Waals surface area contributed by atoms with Crippen molar-refractivity contribution in [3.05, 3.63) is 54.6 Å². The summed E-state index contributed by atoms with van der Waals surface area (Å²) in [4.78, 5) is 39.2. The van der Waals surface area contributed by atoms with Crippen molar-refractivity contribution in [3.8, 4) is 11.1 Å². The molecular formula is C24H29N3O4. The average molecular weight is 424 g/mol. The average Bonchev–Trinajstić information content (AvgIpc) is 3.28. The van der Waals surface area contributed by atoms with Crippen molar-refractivity contribution in [2.24, 2.45) is 5.92 Å². The Morgan fingerprint density at radius 1 is 1.00 bits per heavy atom. The molecule has 3 amide bonds. The van der Waals surface area contributed by atoms with Gasteiger partial charge in [0.25, 0.3) is 0 Å². The number of carbonyl (C=O) groups excluding carboxylic acids is 3. The molecule has 0 saturated carbocycles. The van der Waals surface area contributed by atoms with Crippen molar-refractivity contribution in [1.29, 1.82) is 0 Å². The number of likely N-dealkylation sites (tertiary alicyclic amines) is 1. The summed E-state index contributed by atoms with van der Waals surface area (Å²) in [6, 6.07) is 16.3. The van der Waals surface area contributed by atoms with Gasteiger partial charge in [-0.15, -0.1) is 0 Å². The van der Waals surface area contributed by atoms with Gasteiger partial charge in [-0.25, -0.2) is 4.79 Å². The van der Waals surface area contributed by atoms with Crippen LogP contribution in [0.5, 0.6) is 0 Å². The van der Waals surface area contributed by atoms with Crippen molar-refractivity contribution in [1.82, 2.24) is 10.2 Å². The number of hydrogen-bond donors (Lipinski definition) is 2. The molecule has 0 unspecified atom stereocenters. The fourth-order valence-electron chi connectivity index (χ4n) is 3.78. The molecule has 164 valence electrons. The Balaban J connectivity index is 1.68. The van der Waals surface area contributed by atoms with Gasteiger partial charge >= 0.3 is 6.09 Å². The van der Waals surface area contributed by atoms with E-state index in [9.17, 15) is 14.4 Å². The maximum atomic E-state index is 13.1. The van der Waals surface area contributed by atoms with Gasteiger partial charge in [0.2, 0.25) is 11.8 Å². The third-order valence-corrected chi connectivity index (χ3v) is 5.49. The Labute approximate surface area is 182 Å². The summed E-state index contributed by atoms with van der Waals surface area (Å²) in [6.45, 7) is 4.17. The molecule has 1 fully saturated rings. The van der Waals surface area contributed by atoms with Crippen molar-refractivity contribution >= 4 is 23.6 Å². The second-order valence-electron chi connectivity index (χ2n) is 7.98. The molecule has 7 nitrogen and oxygen atoms in total. The predicted octanol–water partition coefficient (Wildman–Crippen LogP) is 3.66. The van der Waals surface area contributed by atoms with Crippen LogP contribution in [0.2, 0.25) is 0 Å². The van der Waals surface area contributed by atoms with E-state index in [0.29, 0.717) is 18.7 Å². The van der Waals surface area contributed by atoms with E-state index in [2.05, 4.69) is 15.4 Å². The van der Waals surface area contributed by atoms with Crippen LogP contribution in [0, 0.1) is 5.92 Å². The third-order valence-electron chi connectivity index (χ3n) is 5.49. The summed E-state index contributed by atoms with van der Waals surface area (Å²) >= 11 is 0. The molecule has 2 aromatic carbocycles. The minimum Gasteiger partial charge on any atom is -0.453 e. The topological polar surface area (TPSA) is 87.7 Å². The van der Waals surface area contributed by atoms with E-state index < -0.39 is 18.2 Å². The number of alkyl carbamates (subject to hydrolysis) is 1. The Morgan fingerprint density at radius 2 is 1.65 bits per heavy atom. The molecule has 3 rings (SSSR count). The first-order valence-corrected chi connectivity index (χ1v) is 10.5. The van der Waals surface area contributed by atoms with Crippen LogP contribution in [0.15, 0.2) is 54.6 Å². The smallest absolute Gasteiger partial charge is 0.407 e. The zero-order chi connectivity index (χ0) is 22.4. The second-order valence-corrected chi connectivity index (χ2v) is 7.98. The minimum atomic E-state index is -0.744. The highest BCUT2D eigenvalue weighted by molar-refractivity contribution is 5.98. The number of rotatable bonds is 6. The SMILES string of the molecule is COC(=O)N[C@H](C(=O)N1CCC[C@H]1C(=O)Nc1ccc(-c2ccccc2)cc1)C(C)C. The first kappa shape index (κ1) is 22.3. The Bertz CT molecular complexity index is 912. The first-order chi connectivity index (χ1) is 14.9. The molecule has 7 heteroatoms. The number of benzene rings is 2. The molecule has 1 aliphatic heterocycles. The molecule has 2 N–H and O–H groups in total. The monoisotopic (exact) mass is 423 g/mol. The lowest BCUT2D eigenvalue weighted by Gasteiger charge is -2.30. The molecule has 1 saturated heterocycles. The Hall–Kier alpha value is -3.35. The highest BCUT2D eigenvalue weighted by Crippen LogP contribution is 2.24. The van der Waals surface area contributed by atoms with E-state index in [4.69, 9.17) is 0 Å². The molecular weight excluding hydrogens is 394 g/mol. The number of anilines is 1. The number of amides is 3. The maximum absolute atomic E-state index is 13.1. The summed E-state index contributed by atoms with van der Waals surface area (Å²) in [5, 5.41) is 5.51. The number of methoxy groups -OCH3 is 1. The van der Waals surface area contributed by atoms with Crippen LogP contribution in [0.4, 0.5) is 10.5 Å². The fraction of sp³-hybridized carbons (Fsp3) is 0.375. The first-order valence-electron chi connectivity index (χ1n) is 10.5. The summed E-state index contributed by atoms with van der Waals surface area (Å²) in [5.74, 6) is -0.627. The van der Waals surface area contributed by atoms with Crippen molar-refractivity contribution < 1.29 is 19.1 Å². The Morgan fingerprint density at radius 3 is 2.26 bits per heavy atom. The zero-order valence-electron chi connectivity index (χ0n) is 18.1. The largest absolute Gasteiger partial charge is 0.453 e. The highest BCUT2D eigenvalue weighted by Gasteiger charge is 2.38. The van der Waals surface area contributed by atoms with Gasteiger partial charge in [-0.3, -0.25) is 9.59 Å². The van der Waals surface area contributed by atoms with Gasteiger partial charge in [-0.2, -0.15) is 0 Å². The lowest BCUT2D eigenvalue weighted by molar-refractivity contribution is -0.139. The molecule has 31 heavy (non-hydrogen) atoms. The predicted molar refractivity (Wildman–Crippen MR) is 119 cm³/mol. The van der Waals surface area contributed by atoms with Crippen LogP contribution >= 0.6 is 0 Å². The van der Waals surface area contributed by atoms with Gasteiger partial charge < -0.3 is 20.3 Å². The molecule has 0 aromatic heterocycles. The van der Waals surface area contributed by atoms with Crippen LogP contribution in [-0.2, 0) is 14.3 Å². The number of hydrogen-bond acceptors (Lipinski definition) is 4. The van der Waals surface area contributed by atoms with Crippen LogP contribution < -0.4 is 10.6 Å². The van der Waals surface area contributed by atoms with Gasteiger partial charge in [0.05, 0.1) is 7.11 Å². The van der Waals surface area contributed by atoms with E-state index in [0.717, 1.165) is 17.5 Å². The molecule has 2 aromatic rings. The van der Waals surface area contributed by atoms with Gasteiger partial charge in [0.1, 0.15) is 12.1 Å². The zero-order valence-corrected chi connectivity index (χ0v) is 18.1. The number of ether oxygens (including phenoxy) is 1. The van der Waals surface area contributed by atoms with Crippen LogP contribution in [-0.4, -0.2) is 48.5 Å². The van der Waals surface area contributed by atoms with Crippen LogP contribution in [0.25, 0.3) is 11.1 Å². The highest BCUT2D eigenvalue weighted by atomic mass is 16.5. The van der Waals surface area contributed by atoms with E-state index >= 15 is 0 Å². The van der Waals surface area contributed by atoms with E-state index in [1.165, 1.54) is 7.11 Å². The lowest BCUT2D eigenvalue weighted by Crippen LogP contribution is -2.54. The van der Waals surface area contributed by atoms with Crippen LogP contribution in [0.1, 0.15) is 26.7 Å². The van der Waals surface area contributed by atoms with Crippen molar-refractivity contribution in [3.63, 3.8) is 0 Å². The molecule has 1 aliphatic rings. The van der Waals surface area contributed by atoms with Gasteiger partial charge in [0, 0.05) is 12.2 Å². The molecule has 0 radical (unpaired) electrons. The van der Waals surface area contributed by atoms with Crippen LogP contribution in [0.3, 0.4) is 0 Å². The maximum Gasteiger partial charge on any atom is 0.407 e. The molecule has 0 aliphatic carbocycles. The third kappa shape index (κ3) is 5.42. The Kier molecular flexibility index (Phi) is 7.28. The lowest BCUT2D eigenvalue weighted by atomic mass is 10.0. The van der Waals surface area contributed by atoms with Gasteiger partial charge in [0.15, 0.2) is 0 Å². The second kappa shape index (κ2) is 10.1. The normalized spacial score (nSPS) is 16.6. The minimum absolute atomic E-state index is 0.138. The number of carbonyl (C=O) groups is 3. The molecule has 1 heterocycles. The van der Waals surface area contributed by atoms with Crippen molar-refractivity contribution in [2.45, 2.75) is 38.8 Å². The standard InChI is InChI=1S/C24H29N3O4/c1-16(2)21(26-24(30)31-3)23(29)27-15-7-10-20(27)22(28)25-19-13-11-18(12-14-19)17-8-5-4-6-9-17/h4-6,8-9,11-14,16,20-21H,7,10,15H2,1-3H3,(H,25,28)(H,26,30)/t20-,21-/m0/s1. The fourth-order valence-corrected chi connectivity index (χ4v) is 3.78. The quantitative estimate of drug-likeness (QED) is 0.742. The van der Waals surface area contributed by atoms with E-state index in [-0.39, 0.29) is 17.7 Å². The number of nitrogens with zero attached hydrogens (tertiary/aromatic N) is 1.